The number of alkyl halides is 6. The molecule has 2 aromatic carbocycles. The van der Waals surface area contributed by atoms with E-state index in [4.69, 9.17) is 0 Å². The molecule has 39 heavy (non-hydrogen) atoms. The minimum atomic E-state index is -6.03. The fraction of sp³-hybridized carbons (Fsp3) is 0.600. The largest absolute Gasteiger partial charge is 0.426 e. The molecule has 2 saturated carbocycles. The minimum absolute atomic E-state index is 0.125. The van der Waals surface area contributed by atoms with Crippen LogP contribution in [0.2, 0.25) is 0 Å². The van der Waals surface area contributed by atoms with E-state index in [0.717, 1.165) is 43.1 Å². The zero-order valence-corrected chi connectivity index (χ0v) is 21.7. The molecule has 2 aliphatic rings. The summed E-state index contributed by atoms with van der Waals surface area (Å²) in [5.41, 5.74) is -2.38. The summed E-state index contributed by atoms with van der Waals surface area (Å²) in [5, 5.41) is 0. The molecular formula is C30H33F9. The lowest BCUT2D eigenvalue weighted by molar-refractivity contribution is -0.249. The van der Waals surface area contributed by atoms with E-state index >= 15 is 4.39 Å². The van der Waals surface area contributed by atoms with Crippen molar-refractivity contribution in [3.63, 3.8) is 0 Å². The molecule has 0 aromatic heterocycles. The average Bonchev–Trinajstić information content (AvgIpc) is 2.88. The molecule has 9 heteroatoms. The number of hydrogen-bond donors (Lipinski definition) is 0. The van der Waals surface area contributed by atoms with Crippen molar-refractivity contribution < 1.29 is 39.5 Å². The quantitative estimate of drug-likeness (QED) is 0.294. The van der Waals surface area contributed by atoms with Crippen molar-refractivity contribution in [1.29, 1.82) is 0 Å². The van der Waals surface area contributed by atoms with Gasteiger partial charge in [0.25, 0.3) is 6.17 Å². The number of rotatable bonds is 7. The fourth-order valence-electron chi connectivity index (χ4n) is 6.68. The van der Waals surface area contributed by atoms with Crippen molar-refractivity contribution in [1.82, 2.24) is 0 Å². The van der Waals surface area contributed by atoms with Crippen LogP contribution in [0, 0.1) is 35.2 Å². The summed E-state index contributed by atoms with van der Waals surface area (Å²) in [4.78, 5) is 0. The van der Waals surface area contributed by atoms with Crippen molar-refractivity contribution in [3.05, 3.63) is 58.9 Å². The first-order chi connectivity index (χ1) is 18.3. The van der Waals surface area contributed by atoms with Gasteiger partial charge in [0.05, 0.1) is 5.56 Å². The Balaban J connectivity index is 1.45. The van der Waals surface area contributed by atoms with Crippen molar-refractivity contribution in [2.24, 2.45) is 17.8 Å². The second kappa shape index (κ2) is 11.7. The smallest absolute Gasteiger partial charge is 0.230 e. The van der Waals surface area contributed by atoms with Gasteiger partial charge in [-0.15, -0.1) is 0 Å². The molecule has 0 radical (unpaired) electrons. The zero-order valence-electron chi connectivity index (χ0n) is 21.7. The van der Waals surface area contributed by atoms with Gasteiger partial charge in [-0.05, 0) is 91.5 Å². The first-order valence-electron chi connectivity index (χ1n) is 13.7. The van der Waals surface area contributed by atoms with Gasteiger partial charge in [0.15, 0.2) is 0 Å². The number of benzene rings is 2. The third kappa shape index (κ3) is 6.43. The molecule has 0 spiro atoms. The van der Waals surface area contributed by atoms with Crippen molar-refractivity contribution in [2.45, 2.75) is 95.3 Å². The van der Waals surface area contributed by atoms with E-state index in [2.05, 4.69) is 6.92 Å². The van der Waals surface area contributed by atoms with Crippen LogP contribution < -0.4 is 0 Å². The SMILES string of the molecule is CCCC1CCC(C2CCC(c3ccc(-c4cc(F)c(C(F)(F)C(F)C(F)(F)F)c(F)c4)c(F)c3)CC2)CC1. The molecule has 2 fully saturated rings. The molecule has 0 heterocycles. The molecule has 0 amide bonds. The van der Waals surface area contributed by atoms with Crippen LogP contribution in [0.4, 0.5) is 39.5 Å². The van der Waals surface area contributed by atoms with Gasteiger partial charge >= 0.3 is 12.1 Å². The van der Waals surface area contributed by atoms with Gasteiger partial charge < -0.3 is 0 Å². The first kappa shape index (κ1) is 29.8. The van der Waals surface area contributed by atoms with Crippen LogP contribution in [0.15, 0.2) is 30.3 Å². The van der Waals surface area contributed by atoms with E-state index in [1.54, 1.807) is 6.07 Å². The minimum Gasteiger partial charge on any atom is -0.230 e. The van der Waals surface area contributed by atoms with E-state index in [1.807, 2.05) is 0 Å². The molecule has 1 unspecified atom stereocenters. The number of hydrogen-bond acceptors (Lipinski definition) is 0. The van der Waals surface area contributed by atoms with Gasteiger partial charge in [-0.25, -0.2) is 17.6 Å². The lowest BCUT2D eigenvalue weighted by Gasteiger charge is -2.38. The highest BCUT2D eigenvalue weighted by Gasteiger charge is 2.59. The lowest BCUT2D eigenvalue weighted by Crippen LogP contribution is -2.40. The predicted molar refractivity (Wildman–Crippen MR) is 132 cm³/mol. The Labute approximate surface area is 223 Å². The van der Waals surface area contributed by atoms with Crippen LogP contribution in [0.1, 0.15) is 88.2 Å². The van der Waals surface area contributed by atoms with Gasteiger partial charge in [-0.3, -0.25) is 0 Å². The topological polar surface area (TPSA) is 0 Å². The van der Waals surface area contributed by atoms with Gasteiger partial charge in [0.1, 0.15) is 17.5 Å². The summed E-state index contributed by atoms with van der Waals surface area (Å²) < 4.78 is 123. The van der Waals surface area contributed by atoms with Crippen LogP contribution >= 0.6 is 0 Å². The van der Waals surface area contributed by atoms with Crippen LogP contribution in [-0.4, -0.2) is 12.3 Å². The standard InChI is InChI=1S/C30H33F9/c1-2-3-17-4-6-18(7-5-17)19-8-10-20(11-9-19)21-12-13-23(24(31)14-21)22-15-25(32)27(26(33)16-22)29(35,36)28(34)30(37,38)39/h12-20,28H,2-11H2,1H3. The summed E-state index contributed by atoms with van der Waals surface area (Å²) >= 11 is 0. The molecule has 0 N–H and O–H groups in total. The van der Waals surface area contributed by atoms with E-state index in [9.17, 15) is 35.1 Å². The third-order valence-electron chi connectivity index (χ3n) is 8.78. The summed E-state index contributed by atoms with van der Waals surface area (Å²) in [6.45, 7) is 2.22. The van der Waals surface area contributed by atoms with Gasteiger partial charge in [0, 0.05) is 5.56 Å². The fourth-order valence-corrected chi connectivity index (χ4v) is 6.68. The van der Waals surface area contributed by atoms with Crippen LogP contribution in [0.25, 0.3) is 11.1 Å². The van der Waals surface area contributed by atoms with Crippen LogP contribution in [0.5, 0.6) is 0 Å². The summed E-state index contributed by atoms with van der Waals surface area (Å²) in [6, 6.07) is 4.77. The molecule has 0 saturated heterocycles. The van der Waals surface area contributed by atoms with Crippen LogP contribution in [0.3, 0.4) is 0 Å². The highest BCUT2D eigenvalue weighted by molar-refractivity contribution is 5.65. The first-order valence-corrected chi connectivity index (χ1v) is 13.7. The van der Waals surface area contributed by atoms with Crippen molar-refractivity contribution in [3.8, 4) is 11.1 Å². The highest BCUT2D eigenvalue weighted by Crippen LogP contribution is 2.46. The Hall–Kier alpha value is -2.19. The monoisotopic (exact) mass is 564 g/mol. The third-order valence-corrected chi connectivity index (χ3v) is 8.78. The molecule has 2 aromatic rings. The second-order valence-corrected chi connectivity index (χ2v) is 11.3. The maximum Gasteiger partial charge on any atom is 0.426 e. The average molecular weight is 565 g/mol. The molecule has 0 nitrogen and oxygen atoms in total. The normalized spacial score (nSPS) is 25.5. The Morgan fingerprint density at radius 1 is 0.744 bits per heavy atom. The Morgan fingerprint density at radius 2 is 1.28 bits per heavy atom. The summed E-state index contributed by atoms with van der Waals surface area (Å²) in [5.74, 6) is -8.14. The van der Waals surface area contributed by atoms with E-state index in [0.29, 0.717) is 18.1 Å². The highest BCUT2D eigenvalue weighted by atomic mass is 19.4. The van der Waals surface area contributed by atoms with Crippen molar-refractivity contribution >= 4 is 0 Å². The van der Waals surface area contributed by atoms with E-state index in [1.165, 1.54) is 50.7 Å². The molecule has 0 bridgehead atoms. The molecular weight excluding hydrogens is 531 g/mol. The summed E-state index contributed by atoms with van der Waals surface area (Å²) in [6.07, 6.45) is 0.709. The predicted octanol–water partition coefficient (Wildman–Crippen LogP) is 10.6. The maximum absolute atomic E-state index is 15.0. The summed E-state index contributed by atoms with van der Waals surface area (Å²) in [7, 11) is 0. The maximum atomic E-state index is 15.0. The molecule has 0 aliphatic heterocycles. The molecule has 216 valence electrons. The zero-order chi connectivity index (χ0) is 28.5. The van der Waals surface area contributed by atoms with Gasteiger partial charge in [-0.2, -0.15) is 22.0 Å². The van der Waals surface area contributed by atoms with E-state index in [-0.39, 0.29) is 11.5 Å². The number of halogens is 9. The van der Waals surface area contributed by atoms with E-state index < -0.39 is 46.8 Å². The second-order valence-electron chi connectivity index (χ2n) is 11.3. The molecule has 4 rings (SSSR count). The lowest BCUT2D eigenvalue weighted by atomic mass is 9.68. The van der Waals surface area contributed by atoms with Gasteiger partial charge in [-0.1, -0.05) is 44.7 Å². The Bertz CT molecular complexity index is 1100. The Kier molecular flexibility index (Phi) is 8.96. The van der Waals surface area contributed by atoms with Crippen LogP contribution in [-0.2, 0) is 5.92 Å². The molecule has 1 atom stereocenters. The van der Waals surface area contributed by atoms with Crippen molar-refractivity contribution in [2.75, 3.05) is 0 Å². The molecule has 2 aliphatic carbocycles. The van der Waals surface area contributed by atoms with Gasteiger partial charge in [0.2, 0.25) is 0 Å². The Morgan fingerprint density at radius 3 is 1.77 bits per heavy atom.